The van der Waals surface area contributed by atoms with Crippen molar-refractivity contribution in [1.29, 1.82) is 0 Å². The summed E-state index contributed by atoms with van der Waals surface area (Å²) in [4.78, 5) is 16.7. The van der Waals surface area contributed by atoms with Gasteiger partial charge in [0.05, 0.1) is 12.3 Å². The molecule has 0 aliphatic rings. The summed E-state index contributed by atoms with van der Waals surface area (Å²) in [5.41, 5.74) is 2.82. The van der Waals surface area contributed by atoms with Crippen LogP contribution in [0.4, 0.5) is 5.69 Å². The van der Waals surface area contributed by atoms with Gasteiger partial charge in [-0.2, -0.15) is 0 Å². The third-order valence-corrected chi connectivity index (χ3v) is 6.20. The second-order valence-corrected chi connectivity index (χ2v) is 8.42. The molecule has 6 nitrogen and oxygen atoms in total. The standard InChI is InChI=1S/C26H21N5OS/c32-24(28-22-12-2-1-3-13-22)18-33-26-30-29-25(20-11-7-15-27-16-20)31(26)17-21-10-6-9-19-8-4-5-14-23(19)21/h1-16H,17-18H2,(H,28,32). The van der Waals surface area contributed by atoms with Gasteiger partial charge in [-0.05, 0) is 40.6 Å². The smallest absolute Gasteiger partial charge is 0.234 e. The van der Waals surface area contributed by atoms with Gasteiger partial charge in [0.15, 0.2) is 11.0 Å². The number of thioether (sulfide) groups is 1. The molecule has 0 spiro atoms. The molecule has 5 rings (SSSR count). The van der Waals surface area contributed by atoms with Gasteiger partial charge >= 0.3 is 0 Å². The number of hydrogen-bond donors (Lipinski definition) is 1. The Bertz CT molecular complexity index is 1380. The molecule has 1 amide bonds. The Hall–Kier alpha value is -3.97. The number of rotatable bonds is 7. The Morgan fingerprint density at radius 2 is 1.70 bits per heavy atom. The van der Waals surface area contributed by atoms with Gasteiger partial charge in [-0.3, -0.25) is 14.3 Å². The maximum atomic E-state index is 12.5. The molecule has 33 heavy (non-hydrogen) atoms. The van der Waals surface area contributed by atoms with Crippen LogP contribution in [-0.2, 0) is 11.3 Å². The minimum Gasteiger partial charge on any atom is -0.325 e. The lowest BCUT2D eigenvalue weighted by molar-refractivity contribution is -0.113. The summed E-state index contributed by atoms with van der Waals surface area (Å²) in [5, 5.41) is 14.8. The molecule has 5 aromatic rings. The number of nitrogens with one attached hydrogen (secondary N) is 1. The molecule has 0 bridgehead atoms. The SMILES string of the molecule is O=C(CSc1nnc(-c2cccnc2)n1Cc1cccc2ccccc12)Nc1ccccc1. The number of nitrogens with zero attached hydrogens (tertiary/aromatic N) is 4. The molecule has 3 aromatic carbocycles. The Morgan fingerprint density at radius 3 is 2.55 bits per heavy atom. The second kappa shape index (κ2) is 9.67. The van der Waals surface area contributed by atoms with Crippen LogP contribution in [0.2, 0.25) is 0 Å². The number of carbonyl (C=O) groups excluding carboxylic acids is 1. The molecule has 0 unspecified atom stereocenters. The zero-order chi connectivity index (χ0) is 22.5. The lowest BCUT2D eigenvalue weighted by Gasteiger charge is -2.12. The van der Waals surface area contributed by atoms with Gasteiger partial charge in [0.2, 0.25) is 5.91 Å². The summed E-state index contributed by atoms with van der Waals surface area (Å²) in [5.74, 6) is 0.867. The molecule has 162 valence electrons. The van der Waals surface area contributed by atoms with Crippen LogP contribution >= 0.6 is 11.8 Å². The lowest BCUT2D eigenvalue weighted by atomic mass is 10.0. The Kier molecular flexibility index (Phi) is 6.12. The average molecular weight is 452 g/mol. The molecule has 7 heteroatoms. The lowest BCUT2D eigenvalue weighted by Crippen LogP contribution is -2.14. The highest BCUT2D eigenvalue weighted by Crippen LogP contribution is 2.27. The largest absolute Gasteiger partial charge is 0.325 e. The predicted octanol–water partition coefficient (Wildman–Crippen LogP) is 5.27. The third kappa shape index (κ3) is 4.78. The third-order valence-electron chi connectivity index (χ3n) is 5.23. The summed E-state index contributed by atoms with van der Waals surface area (Å²) in [7, 11) is 0. The monoisotopic (exact) mass is 451 g/mol. The molecule has 2 heterocycles. The highest BCUT2D eigenvalue weighted by atomic mass is 32.2. The summed E-state index contributed by atoms with van der Waals surface area (Å²) < 4.78 is 2.05. The van der Waals surface area contributed by atoms with Crippen molar-refractivity contribution in [2.45, 2.75) is 11.7 Å². The van der Waals surface area contributed by atoms with E-state index in [9.17, 15) is 4.79 Å². The van der Waals surface area contributed by atoms with E-state index in [1.165, 1.54) is 22.5 Å². The van der Waals surface area contributed by atoms with Crippen LogP contribution in [-0.4, -0.2) is 31.4 Å². The summed E-state index contributed by atoms with van der Waals surface area (Å²) in [6.07, 6.45) is 3.51. The zero-order valence-electron chi connectivity index (χ0n) is 17.8. The number of hydrogen-bond acceptors (Lipinski definition) is 5. The zero-order valence-corrected chi connectivity index (χ0v) is 18.6. The topological polar surface area (TPSA) is 72.7 Å². The number of para-hydroxylation sites is 1. The first-order valence-corrected chi connectivity index (χ1v) is 11.5. The molecule has 0 atom stereocenters. The number of pyridine rings is 1. The van der Waals surface area contributed by atoms with Crippen molar-refractivity contribution in [3.05, 3.63) is 103 Å². The normalized spacial score (nSPS) is 10.9. The fraction of sp³-hybridized carbons (Fsp3) is 0.0769. The van der Waals surface area contributed by atoms with Crippen LogP contribution in [0.15, 0.2) is 102 Å². The van der Waals surface area contributed by atoms with Gasteiger partial charge in [-0.15, -0.1) is 10.2 Å². The average Bonchev–Trinajstić information content (AvgIpc) is 3.26. The number of aromatic nitrogens is 4. The van der Waals surface area contributed by atoms with Crippen LogP contribution in [0.5, 0.6) is 0 Å². The fourth-order valence-corrected chi connectivity index (χ4v) is 4.43. The first-order valence-electron chi connectivity index (χ1n) is 10.6. The van der Waals surface area contributed by atoms with Gasteiger partial charge in [0.25, 0.3) is 0 Å². The van der Waals surface area contributed by atoms with Crippen molar-refractivity contribution in [3.63, 3.8) is 0 Å². The van der Waals surface area contributed by atoms with Crippen molar-refractivity contribution in [1.82, 2.24) is 19.7 Å². The molecular formula is C26H21N5OS. The molecule has 1 N–H and O–H groups in total. The van der Waals surface area contributed by atoms with E-state index >= 15 is 0 Å². The maximum absolute atomic E-state index is 12.5. The van der Waals surface area contributed by atoms with Crippen LogP contribution in [0.1, 0.15) is 5.56 Å². The Balaban J connectivity index is 1.44. The molecule has 0 fully saturated rings. The maximum Gasteiger partial charge on any atom is 0.234 e. The van der Waals surface area contributed by atoms with E-state index < -0.39 is 0 Å². The number of benzene rings is 3. The molecule has 2 aromatic heterocycles. The van der Waals surface area contributed by atoms with E-state index in [2.05, 4.69) is 55.4 Å². The summed E-state index contributed by atoms with van der Waals surface area (Å²) in [6.45, 7) is 0.585. The molecular weight excluding hydrogens is 430 g/mol. The predicted molar refractivity (Wildman–Crippen MR) is 132 cm³/mol. The molecule has 0 saturated heterocycles. The van der Waals surface area contributed by atoms with Crippen LogP contribution < -0.4 is 5.32 Å². The van der Waals surface area contributed by atoms with E-state index in [1.54, 1.807) is 12.4 Å². The van der Waals surface area contributed by atoms with Crippen LogP contribution in [0.25, 0.3) is 22.2 Å². The number of carbonyl (C=O) groups is 1. The molecule has 0 aliphatic heterocycles. The van der Waals surface area contributed by atoms with Gasteiger partial charge in [-0.25, -0.2) is 0 Å². The molecule has 0 radical (unpaired) electrons. The first kappa shape index (κ1) is 20.9. The van der Waals surface area contributed by atoms with E-state index in [4.69, 9.17) is 0 Å². The quantitative estimate of drug-likeness (QED) is 0.341. The molecule has 0 aliphatic carbocycles. The van der Waals surface area contributed by atoms with Crippen LogP contribution in [0.3, 0.4) is 0 Å². The first-order chi connectivity index (χ1) is 16.3. The van der Waals surface area contributed by atoms with Gasteiger partial charge in [0, 0.05) is 23.6 Å². The van der Waals surface area contributed by atoms with Gasteiger partial charge in [-0.1, -0.05) is 72.4 Å². The van der Waals surface area contributed by atoms with E-state index in [0.29, 0.717) is 11.7 Å². The minimum absolute atomic E-state index is 0.0890. The Labute approximate surface area is 195 Å². The molecule has 0 saturated carbocycles. The number of anilines is 1. The van der Waals surface area contributed by atoms with E-state index in [0.717, 1.165) is 22.6 Å². The van der Waals surface area contributed by atoms with Crippen molar-refractivity contribution in [2.24, 2.45) is 0 Å². The number of amides is 1. The van der Waals surface area contributed by atoms with Crippen molar-refractivity contribution in [2.75, 3.05) is 11.1 Å². The van der Waals surface area contributed by atoms with Crippen molar-refractivity contribution < 1.29 is 4.79 Å². The minimum atomic E-state index is -0.0890. The van der Waals surface area contributed by atoms with E-state index in [-0.39, 0.29) is 11.7 Å². The highest BCUT2D eigenvalue weighted by molar-refractivity contribution is 7.99. The van der Waals surface area contributed by atoms with Crippen molar-refractivity contribution in [3.8, 4) is 11.4 Å². The summed E-state index contributed by atoms with van der Waals surface area (Å²) >= 11 is 1.37. The Morgan fingerprint density at radius 1 is 0.879 bits per heavy atom. The second-order valence-electron chi connectivity index (χ2n) is 7.48. The highest BCUT2D eigenvalue weighted by Gasteiger charge is 2.17. The van der Waals surface area contributed by atoms with Gasteiger partial charge in [0.1, 0.15) is 0 Å². The fourth-order valence-electron chi connectivity index (χ4n) is 3.70. The van der Waals surface area contributed by atoms with Crippen LogP contribution in [0, 0.1) is 0 Å². The van der Waals surface area contributed by atoms with E-state index in [1.807, 2.05) is 54.6 Å². The number of fused-ring (bicyclic) bond motifs is 1. The summed E-state index contributed by atoms with van der Waals surface area (Å²) in [6, 6.07) is 27.9. The van der Waals surface area contributed by atoms with Gasteiger partial charge < -0.3 is 5.32 Å². The van der Waals surface area contributed by atoms with Crippen molar-refractivity contribution >= 4 is 34.1 Å².